The van der Waals surface area contributed by atoms with Crippen LogP contribution in [0.5, 0.6) is 5.75 Å². The summed E-state index contributed by atoms with van der Waals surface area (Å²) in [5.74, 6) is 0.918. The van der Waals surface area contributed by atoms with Crippen LogP contribution in [-0.4, -0.2) is 33.8 Å². The highest BCUT2D eigenvalue weighted by atomic mass is 32.1. The average molecular weight is 384 g/mol. The van der Waals surface area contributed by atoms with Crippen LogP contribution in [-0.2, 0) is 6.54 Å². The lowest BCUT2D eigenvalue weighted by Crippen LogP contribution is -2.50. The molecule has 0 bridgehead atoms. The van der Waals surface area contributed by atoms with Gasteiger partial charge >= 0.3 is 0 Å². The molecule has 27 heavy (non-hydrogen) atoms. The van der Waals surface area contributed by atoms with Crippen molar-refractivity contribution < 1.29 is 4.74 Å². The summed E-state index contributed by atoms with van der Waals surface area (Å²) < 4.78 is 7.97. The summed E-state index contributed by atoms with van der Waals surface area (Å²) in [6.07, 6.45) is 8.62. The number of hydrogen-bond donors (Lipinski definition) is 1. The quantitative estimate of drug-likeness (QED) is 0.787. The molecule has 5 heteroatoms. The van der Waals surface area contributed by atoms with Gasteiger partial charge in [-0.05, 0) is 61.8 Å². The summed E-state index contributed by atoms with van der Waals surface area (Å²) in [4.78, 5) is 2.37. The van der Waals surface area contributed by atoms with Gasteiger partial charge in [0.25, 0.3) is 0 Å². The van der Waals surface area contributed by atoms with Gasteiger partial charge in [-0.3, -0.25) is 0 Å². The number of benzene rings is 1. The van der Waals surface area contributed by atoms with E-state index in [4.69, 9.17) is 17.0 Å². The van der Waals surface area contributed by atoms with Crippen molar-refractivity contribution in [1.82, 2.24) is 14.8 Å². The lowest BCUT2D eigenvalue weighted by molar-refractivity contribution is 0.278. The summed E-state index contributed by atoms with van der Waals surface area (Å²) >= 11 is 5.88. The van der Waals surface area contributed by atoms with E-state index >= 15 is 0 Å². The molecule has 2 aromatic rings. The number of fused-ring (bicyclic) bond motifs is 1. The maximum absolute atomic E-state index is 5.88. The number of aromatic nitrogens is 1. The van der Waals surface area contributed by atoms with E-state index in [1.807, 2.05) is 6.92 Å². The Labute approximate surface area is 167 Å². The van der Waals surface area contributed by atoms with E-state index in [0.29, 0.717) is 12.6 Å². The Bertz CT molecular complexity index is 764. The molecule has 1 atom stereocenters. The largest absolute Gasteiger partial charge is 0.494 e. The van der Waals surface area contributed by atoms with E-state index in [1.165, 1.54) is 43.4 Å². The number of rotatable bonds is 4. The Kier molecular flexibility index (Phi) is 5.67. The second-order valence-corrected chi connectivity index (χ2v) is 7.90. The van der Waals surface area contributed by atoms with Crippen LogP contribution < -0.4 is 10.1 Å². The van der Waals surface area contributed by atoms with Gasteiger partial charge in [0.2, 0.25) is 0 Å². The number of nitrogens with one attached hydrogen (secondary N) is 1. The van der Waals surface area contributed by atoms with E-state index in [-0.39, 0.29) is 6.04 Å². The zero-order valence-corrected chi connectivity index (χ0v) is 16.9. The zero-order chi connectivity index (χ0) is 18.6. The van der Waals surface area contributed by atoms with Crippen LogP contribution >= 0.6 is 12.2 Å². The van der Waals surface area contributed by atoms with Crippen molar-refractivity contribution in [1.29, 1.82) is 0 Å². The lowest BCUT2D eigenvalue weighted by Gasteiger charge is -2.40. The molecule has 0 amide bonds. The molecular weight excluding hydrogens is 354 g/mol. The molecule has 0 spiro atoms. The fourth-order valence-corrected chi connectivity index (χ4v) is 4.73. The van der Waals surface area contributed by atoms with Crippen molar-refractivity contribution >= 4 is 17.3 Å². The van der Waals surface area contributed by atoms with Crippen LogP contribution in [0.25, 0.3) is 0 Å². The highest BCUT2D eigenvalue weighted by Crippen LogP contribution is 2.33. The van der Waals surface area contributed by atoms with Gasteiger partial charge < -0.3 is 19.5 Å². The Hall–Kier alpha value is -2.01. The van der Waals surface area contributed by atoms with Crippen molar-refractivity contribution in [3.05, 3.63) is 53.9 Å². The fourth-order valence-electron chi connectivity index (χ4n) is 4.37. The first-order valence-electron chi connectivity index (χ1n) is 10.2. The molecule has 1 N–H and O–H groups in total. The first kappa shape index (κ1) is 18.4. The topological polar surface area (TPSA) is 29.4 Å². The van der Waals surface area contributed by atoms with E-state index in [0.717, 1.165) is 24.0 Å². The number of ether oxygens (including phenoxy) is 1. The Morgan fingerprint density at radius 3 is 2.63 bits per heavy atom. The van der Waals surface area contributed by atoms with Gasteiger partial charge in [0.1, 0.15) is 5.75 Å². The van der Waals surface area contributed by atoms with Crippen LogP contribution in [0.4, 0.5) is 0 Å². The summed E-state index contributed by atoms with van der Waals surface area (Å²) in [5, 5.41) is 4.56. The molecule has 1 aromatic carbocycles. The molecule has 0 unspecified atom stereocenters. The van der Waals surface area contributed by atoms with E-state index in [2.05, 4.69) is 57.4 Å². The predicted molar refractivity (Wildman–Crippen MR) is 113 cm³/mol. The monoisotopic (exact) mass is 383 g/mol. The minimum Gasteiger partial charge on any atom is -0.494 e. The molecule has 1 aliphatic carbocycles. The number of thiocarbonyl (C=S) groups is 1. The van der Waals surface area contributed by atoms with Crippen molar-refractivity contribution in [2.45, 2.75) is 57.7 Å². The van der Waals surface area contributed by atoms with Crippen molar-refractivity contribution in [3.63, 3.8) is 0 Å². The molecule has 1 saturated carbocycles. The van der Waals surface area contributed by atoms with Crippen molar-refractivity contribution in [2.24, 2.45) is 0 Å². The molecule has 1 fully saturated rings. The Morgan fingerprint density at radius 2 is 1.89 bits per heavy atom. The van der Waals surface area contributed by atoms with Crippen LogP contribution in [0, 0.1) is 0 Å². The molecule has 4 nitrogen and oxygen atoms in total. The summed E-state index contributed by atoms with van der Waals surface area (Å²) in [6.45, 7) is 4.60. The van der Waals surface area contributed by atoms with Crippen LogP contribution in [0.15, 0.2) is 42.6 Å². The van der Waals surface area contributed by atoms with Gasteiger partial charge in [0, 0.05) is 31.0 Å². The minimum absolute atomic E-state index is 0.146. The molecule has 0 radical (unpaired) electrons. The van der Waals surface area contributed by atoms with Crippen molar-refractivity contribution in [2.75, 3.05) is 13.2 Å². The maximum Gasteiger partial charge on any atom is 0.170 e. The highest BCUT2D eigenvalue weighted by Gasteiger charge is 2.31. The maximum atomic E-state index is 5.88. The second kappa shape index (κ2) is 8.34. The van der Waals surface area contributed by atoms with E-state index in [1.54, 1.807) is 0 Å². The van der Waals surface area contributed by atoms with Gasteiger partial charge in [-0.25, -0.2) is 0 Å². The second-order valence-electron chi connectivity index (χ2n) is 7.51. The first-order valence-corrected chi connectivity index (χ1v) is 10.6. The third-order valence-corrected chi connectivity index (χ3v) is 6.09. The van der Waals surface area contributed by atoms with E-state index in [9.17, 15) is 0 Å². The van der Waals surface area contributed by atoms with Gasteiger partial charge in [-0.15, -0.1) is 0 Å². The van der Waals surface area contributed by atoms with Crippen LogP contribution in [0.3, 0.4) is 0 Å². The highest BCUT2D eigenvalue weighted by molar-refractivity contribution is 7.80. The third kappa shape index (κ3) is 3.98. The molecule has 4 rings (SSSR count). The predicted octanol–water partition coefficient (Wildman–Crippen LogP) is 4.50. The molecule has 0 saturated heterocycles. The number of nitrogens with zero attached hydrogens (tertiary/aromatic N) is 2. The molecule has 1 aliphatic heterocycles. The molecular formula is C22H29N3OS. The molecule has 144 valence electrons. The zero-order valence-electron chi connectivity index (χ0n) is 16.1. The van der Waals surface area contributed by atoms with Gasteiger partial charge in [0.15, 0.2) is 5.11 Å². The summed E-state index contributed by atoms with van der Waals surface area (Å²) in [7, 11) is 0. The lowest BCUT2D eigenvalue weighted by atomic mass is 9.95. The SMILES string of the molecule is CCOc1ccc([C@@H]2c3cccn3CCN2C(=S)NC2CCCCC2)cc1. The normalized spacial score (nSPS) is 20.2. The fraction of sp³-hybridized carbons (Fsp3) is 0.500. The standard InChI is InChI=1S/C22H29N3OS/c1-2-26-19-12-10-17(11-13-19)21-20-9-6-14-24(20)15-16-25(21)22(27)23-18-7-4-3-5-8-18/h6,9-14,18,21H,2-5,7-8,15-16H2,1H3,(H,23,27)/t21-/m1/s1. The average Bonchev–Trinajstić information content (AvgIpc) is 3.18. The van der Waals surface area contributed by atoms with Crippen LogP contribution in [0.2, 0.25) is 0 Å². The summed E-state index contributed by atoms with van der Waals surface area (Å²) in [5.41, 5.74) is 2.56. The van der Waals surface area contributed by atoms with Gasteiger partial charge in [-0.1, -0.05) is 31.4 Å². The molecule has 1 aromatic heterocycles. The summed E-state index contributed by atoms with van der Waals surface area (Å²) in [6, 6.07) is 13.5. The van der Waals surface area contributed by atoms with Gasteiger partial charge in [0.05, 0.1) is 12.6 Å². The first-order chi connectivity index (χ1) is 13.3. The third-order valence-electron chi connectivity index (χ3n) is 5.74. The van der Waals surface area contributed by atoms with Crippen LogP contribution in [0.1, 0.15) is 56.3 Å². The van der Waals surface area contributed by atoms with Gasteiger partial charge in [-0.2, -0.15) is 0 Å². The number of hydrogen-bond acceptors (Lipinski definition) is 2. The molecule has 2 aliphatic rings. The Morgan fingerprint density at radius 1 is 1.11 bits per heavy atom. The minimum atomic E-state index is 0.146. The Balaban J connectivity index is 1.58. The molecule has 2 heterocycles. The van der Waals surface area contributed by atoms with E-state index < -0.39 is 0 Å². The smallest absolute Gasteiger partial charge is 0.170 e. The van der Waals surface area contributed by atoms with Crippen molar-refractivity contribution in [3.8, 4) is 5.75 Å².